The number of carboxylic acid groups (broad SMARTS) is 1. The summed E-state index contributed by atoms with van der Waals surface area (Å²) in [5, 5.41) is 17.6. The van der Waals surface area contributed by atoms with Gasteiger partial charge in [0.25, 0.3) is 0 Å². The predicted octanol–water partition coefficient (Wildman–Crippen LogP) is 5.88. The Bertz CT molecular complexity index is 440. The molecular weight excluding hydrogens is 288 g/mol. The first-order valence-electron chi connectivity index (χ1n) is 8.47. The van der Waals surface area contributed by atoms with Crippen molar-refractivity contribution in [2.24, 2.45) is 0 Å². The number of allylic oxidation sites excluding steroid dienone is 8. The molecule has 0 bridgehead atoms. The molecule has 0 aliphatic rings. The van der Waals surface area contributed by atoms with Crippen LogP contribution in [0.25, 0.3) is 0 Å². The van der Waals surface area contributed by atoms with Gasteiger partial charge in [0.15, 0.2) is 0 Å². The molecule has 0 spiro atoms. The second-order valence-electron chi connectivity index (χ2n) is 5.37. The van der Waals surface area contributed by atoms with Gasteiger partial charge in [-0.15, -0.1) is 0 Å². The van der Waals surface area contributed by atoms with Gasteiger partial charge < -0.3 is 10.2 Å². The highest BCUT2D eigenvalue weighted by molar-refractivity contribution is 5.80. The number of aliphatic hydroxyl groups excluding tert-OH is 1. The summed E-state index contributed by atoms with van der Waals surface area (Å²) in [6.07, 6.45) is 25.7. The van der Waals surface area contributed by atoms with Crippen molar-refractivity contribution < 1.29 is 15.0 Å². The quantitative estimate of drug-likeness (QED) is 0.193. The predicted molar refractivity (Wildman–Crippen MR) is 97.5 cm³/mol. The van der Waals surface area contributed by atoms with E-state index < -0.39 is 5.97 Å². The SMILES string of the molecule is CCCCCCCCCC=CC=CC=CC=CC(O)=CC(=O)O. The van der Waals surface area contributed by atoms with E-state index in [0.717, 1.165) is 12.5 Å². The number of rotatable bonds is 13. The van der Waals surface area contributed by atoms with E-state index in [1.807, 2.05) is 24.3 Å². The Morgan fingerprint density at radius 1 is 0.783 bits per heavy atom. The Labute approximate surface area is 140 Å². The molecule has 0 rings (SSSR count). The van der Waals surface area contributed by atoms with Crippen LogP contribution in [-0.4, -0.2) is 16.2 Å². The minimum Gasteiger partial charge on any atom is -0.508 e. The molecule has 0 aliphatic carbocycles. The molecule has 0 saturated carbocycles. The van der Waals surface area contributed by atoms with E-state index >= 15 is 0 Å². The number of carboxylic acids is 1. The van der Waals surface area contributed by atoms with Crippen LogP contribution in [-0.2, 0) is 4.79 Å². The topological polar surface area (TPSA) is 57.5 Å². The Morgan fingerprint density at radius 3 is 2.00 bits per heavy atom. The van der Waals surface area contributed by atoms with E-state index in [9.17, 15) is 4.79 Å². The first kappa shape index (κ1) is 21.0. The van der Waals surface area contributed by atoms with Crippen LogP contribution in [0.4, 0.5) is 0 Å². The van der Waals surface area contributed by atoms with Gasteiger partial charge >= 0.3 is 5.97 Å². The van der Waals surface area contributed by atoms with Gasteiger partial charge in [0.2, 0.25) is 0 Å². The average molecular weight is 318 g/mol. The van der Waals surface area contributed by atoms with Gasteiger partial charge in [-0.1, -0.05) is 88.0 Å². The molecule has 0 saturated heterocycles. The van der Waals surface area contributed by atoms with Gasteiger partial charge in [-0.3, -0.25) is 0 Å². The highest BCUT2D eigenvalue weighted by Crippen LogP contribution is 2.08. The fourth-order valence-corrected chi connectivity index (χ4v) is 1.98. The molecule has 0 fully saturated rings. The molecule has 128 valence electrons. The van der Waals surface area contributed by atoms with Crippen molar-refractivity contribution >= 4 is 5.97 Å². The third-order valence-corrected chi connectivity index (χ3v) is 3.20. The molecule has 2 N–H and O–H groups in total. The number of unbranched alkanes of at least 4 members (excludes halogenated alkanes) is 7. The molecule has 0 amide bonds. The van der Waals surface area contributed by atoms with E-state index in [-0.39, 0.29) is 5.76 Å². The van der Waals surface area contributed by atoms with E-state index in [4.69, 9.17) is 10.2 Å². The zero-order valence-corrected chi connectivity index (χ0v) is 14.2. The van der Waals surface area contributed by atoms with E-state index in [0.29, 0.717) is 0 Å². The monoisotopic (exact) mass is 318 g/mol. The number of aliphatic hydroxyl groups is 1. The Kier molecular flexibility index (Phi) is 14.9. The third-order valence-electron chi connectivity index (χ3n) is 3.20. The molecule has 3 heteroatoms. The van der Waals surface area contributed by atoms with Crippen molar-refractivity contribution in [2.75, 3.05) is 0 Å². The van der Waals surface area contributed by atoms with E-state index in [2.05, 4.69) is 13.0 Å². The first-order chi connectivity index (χ1) is 11.2. The minimum atomic E-state index is -1.16. The lowest BCUT2D eigenvalue weighted by atomic mass is 10.1. The summed E-state index contributed by atoms with van der Waals surface area (Å²) in [6.45, 7) is 2.24. The molecule has 0 radical (unpaired) electrons. The lowest BCUT2D eigenvalue weighted by Gasteiger charge is -1.98. The number of aliphatic carboxylic acids is 1. The largest absolute Gasteiger partial charge is 0.508 e. The van der Waals surface area contributed by atoms with Gasteiger partial charge in [0, 0.05) is 0 Å². The van der Waals surface area contributed by atoms with Crippen LogP contribution in [0.3, 0.4) is 0 Å². The summed E-state index contributed by atoms with van der Waals surface area (Å²) in [5.74, 6) is -1.44. The van der Waals surface area contributed by atoms with Gasteiger partial charge in [-0.2, -0.15) is 0 Å². The summed E-state index contributed by atoms with van der Waals surface area (Å²) in [4.78, 5) is 10.3. The number of hydrogen-bond acceptors (Lipinski definition) is 2. The van der Waals surface area contributed by atoms with Gasteiger partial charge in [0.05, 0.1) is 6.08 Å². The fraction of sp³-hybridized carbons (Fsp3) is 0.450. The smallest absolute Gasteiger partial charge is 0.332 e. The van der Waals surface area contributed by atoms with Gasteiger partial charge in [-0.25, -0.2) is 4.79 Å². The van der Waals surface area contributed by atoms with Crippen molar-refractivity contribution in [1.82, 2.24) is 0 Å². The molecule has 0 unspecified atom stereocenters. The summed E-state index contributed by atoms with van der Waals surface area (Å²) >= 11 is 0. The normalized spacial score (nSPS) is 13.2. The van der Waals surface area contributed by atoms with Crippen LogP contribution in [0.5, 0.6) is 0 Å². The van der Waals surface area contributed by atoms with E-state index in [1.54, 1.807) is 12.2 Å². The first-order valence-corrected chi connectivity index (χ1v) is 8.47. The maximum absolute atomic E-state index is 10.3. The second-order valence-corrected chi connectivity index (χ2v) is 5.37. The highest BCUT2D eigenvalue weighted by Gasteiger charge is 1.90. The molecule has 0 aromatic heterocycles. The number of carbonyl (C=O) groups is 1. The van der Waals surface area contributed by atoms with Crippen molar-refractivity contribution in [2.45, 2.75) is 58.3 Å². The van der Waals surface area contributed by atoms with Gasteiger partial charge in [0.1, 0.15) is 5.76 Å². The van der Waals surface area contributed by atoms with Crippen LogP contribution < -0.4 is 0 Å². The standard InChI is InChI=1S/C20H30O3/c1-2-3-4-5-6-7-8-9-10-11-12-13-14-15-16-17-19(21)18-20(22)23/h10-18,21H,2-9H2,1H3,(H,22,23). The molecule has 23 heavy (non-hydrogen) atoms. The highest BCUT2D eigenvalue weighted by atomic mass is 16.4. The van der Waals surface area contributed by atoms with Crippen molar-refractivity contribution in [1.29, 1.82) is 0 Å². The minimum absolute atomic E-state index is 0.277. The molecule has 0 aromatic rings. The van der Waals surface area contributed by atoms with E-state index in [1.165, 1.54) is 51.0 Å². The Morgan fingerprint density at radius 2 is 1.35 bits per heavy atom. The molecular formula is C20H30O3. The van der Waals surface area contributed by atoms with Crippen LogP contribution in [0.1, 0.15) is 58.3 Å². The molecule has 0 heterocycles. The second kappa shape index (κ2) is 16.3. The van der Waals surface area contributed by atoms with Crippen LogP contribution >= 0.6 is 0 Å². The zero-order chi connectivity index (χ0) is 17.2. The fourth-order valence-electron chi connectivity index (χ4n) is 1.98. The maximum Gasteiger partial charge on any atom is 0.332 e. The van der Waals surface area contributed by atoms with Crippen molar-refractivity contribution in [3.8, 4) is 0 Å². The summed E-state index contributed by atoms with van der Waals surface area (Å²) < 4.78 is 0. The lowest BCUT2D eigenvalue weighted by Crippen LogP contribution is -1.89. The van der Waals surface area contributed by atoms with Crippen LogP contribution in [0, 0.1) is 0 Å². The van der Waals surface area contributed by atoms with Crippen molar-refractivity contribution in [3.63, 3.8) is 0 Å². The number of hydrogen-bond donors (Lipinski definition) is 2. The average Bonchev–Trinajstić information content (AvgIpc) is 2.50. The molecule has 0 aliphatic heterocycles. The van der Waals surface area contributed by atoms with Crippen LogP contribution in [0.2, 0.25) is 0 Å². The van der Waals surface area contributed by atoms with Crippen molar-refractivity contribution in [3.05, 3.63) is 60.4 Å². The molecule has 3 nitrogen and oxygen atoms in total. The summed E-state index contributed by atoms with van der Waals surface area (Å²) in [5.41, 5.74) is 0. The zero-order valence-electron chi connectivity index (χ0n) is 14.2. The lowest BCUT2D eigenvalue weighted by molar-refractivity contribution is -0.131. The summed E-state index contributed by atoms with van der Waals surface area (Å²) in [7, 11) is 0. The summed E-state index contributed by atoms with van der Waals surface area (Å²) in [6, 6.07) is 0. The molecule has 0 atom stereocenters. The molecule has 0 aromatic carbocycles. The van der Waals surface area contributed by atoms with Gasteiger partial charge in [-0.05, 0) is 18.9 Å². The third kappa shape index (κ3) is 17.9. The Balaban J connectivity index is 3.64. The van der Waals surface area contributed by atoms with Crippen LogP contribution in [0.15, 0.2) is 60.4 Å². The Hall–Kier alpha value is -2.03. The maximum atomic E-state index is 10.3.